The van der Waals surface area contributed by atoms with Gasteiger partial charge < -0.3 is 14.6 Å². The van der Waals surface area contributed by atoms with Crippen LogP contribution in [0.3, 0.4) is 0 Å². The van der Waals surface area contributed by atoms with Crippen LogP contribution in [-0.2, 0) is 9.47 Å². The zero-order valence-electron chi connectivity index (χ0n) is 11.1. The lowest BCUT2D eigenvalue weighted by Gasteiger charge is -2.39. The van der Waals surface area contributed by atoms with E-state index in [1.807, 2.05) is 12.1 Å². The normalized spacial score (nSPS) is 31.6. The molecule has 20 heavy (non-hydrogen) atoms. The van der Waals surface area contributed by atoms with Crippen molar-refractivity contribution in [3.05, 3.63) is 33.8 Å². The Labute approximate surface area is 128 Å². The SMILES string of the molecule is OC(c1cccc(Cl)c1Cl)C1CCOC2(CCOC2)C1. The van der Waals surface area contributed by atoms with E-state index in [9.17, 15) is 5.11 Å². The van der Waals surface area contributed by atoms with Gasteiger partial charge in [-0.2, -0.15) is 0 Å². The minimum Gasteiger partial charge on any atom is -0.388 e. The molecule has 3 rings (SSSR count). The molecule has 1 N–H and O–H groups in total. The lowest BCUT2D eigenvalue weighted by atomic mass is 9.80. The maximum atomic E-state index is 10.7. The van der Waals surface area contributed by atoms with Crippen molar-refractivity contribution in [2.45, 2.75) is 31.0 Å². The van der Waals surface area contributed by atoms with Gasteiger partial charge in [0, 0.05) is 25.2 Å². The monoisotopic (exact) mass is 316 g/mol. The summed E-state index contributed by atoms with van der Waals surface area (Å²) >= 11 is 12.2. The predicted molar refractivity (Wildman–Crippen MR) is 78.3 cm³/mol. The van der Waals surface area contributed by atoms with Crippen LogP contribution in [0, 0.1) is 5.92 Å². The minimum atomic E-state index is -0.609. The molecule has 5 heteroatoms. The summed E-state index contributed by atoms with van der Waals surface area (Å²) in [5.41, 5.74) is 0.495. The first kappa shape index (κ1) is 14.6. The average Bonchev–Trinajstić information content (AvgIpc) is 2.89. The molecule has 1 aromatic rings. The number of halogens is 2. The van der Waals surface area contributed by atoms with E-state index in [4.69, 9.17) is 32.7 Å². The summed E-state index contributed by atoms with van der Waals surface area (Å²) in [5, 5.41) is 11.6. The van der Waals surface area contributed by atoms with E-state index >= 15 is 0 Å². The van der Waals surface area contributed by atoms with Crippen LogP contribution in [0.2, 0.25) is 10.0 Å². The summed E-state index contributed by atoms with van der Waals surface area (Å²) in [4.78, 5) is 0. The largest absolute Gasteiger partial charge is 0.388 e. The quantitative estimate of drug-likeness (QED) is 0.905. The van der Waals surface area contributed by atoms with E-state index in [2.05, 4.69) is 0 Å². The Morgan fingerprint density at radius 2 is 2.15 bits per heavy atom. The molecule has 2 fully saturated rings. The highest BCUT2D eigenvalue weighted by Gasteiger charge is 2.43. The van der Waals surface area contributed by atoms with Gasteiger partial charge in [-0.1, -0.05) is 35.3 Å². The van der Waals surface area contributed by atoms with E-state index < -0.39 is 6.10 Å². The lowest BCUT2D eigenvalue weighted by molar-refractivity contribution is -0.117. The summed E-state index contributed by atoms with van der Waals surface area (Å²) in [5.74, 6) is 0.126. The molecule has 0 aromatic heterocycles. The molecule has 0 saturated carbocycles. The van der Waals surface area contributed by atoms with Gasteiger partial charge in [-0.05, 0) is 24.8 Å². The number of hydrogen-bond acceptors (Lipinski definition) is 3. The molecular weight excluding hydrogens is 299 g/mol. The Kier molecular flexibility index (Phi) is 4.25. The maximum absolute atomic E-state index is 10.7. The van der Waals surface area contributed by atoms with Crippen LogP contribution in [0.4, 0.5) is 0 Å². The fraction of sp³-hybridized carbons (Fsp3) is 0.600. The molecule has 0 aliphatic carbocycles. The van der Waals surface area contributed by atoms with Crippen molar-refractivity contribution < 1.29 is 14.6 Å². The topological polar surface area (TPSA) is 38.7 Å². The highest BCUT2D eigenvalue weighted by atomic mass is 35.5. The van der Waals surface area contributed by atoms with E-state index in [0.29, 0.717) is 28.8 Å². The second kappa shape index (κ2) is 5.82. The number of benzene rings is 1. The average molecular weight is 317 g/mol. The van der Waals surface area contributed by atoms with Crippen LogP contribution in [0.25, 0.3) is 0 Å². The Hall–Kier alpha value is -0.320. The molecular formula is C15H18Cl2O3. The Balaban J connectivity index is 1.79. The van der Waals surface area contributed by atoms with Gasteiger partial charge in [0.15, 0.2) is 0 Å². The van der Waals surface area contributed by atoms with Gasteiger partial charge in [-0.15, -0.1) is 0 Å². The van der Waals surface area contributed by atoms with Crippen molar-refractivity contribution in [3.63, 3.8) is 0 Å². The lowest BCUT2D eigenvalue weighted by Crippen LogP contribution is -2.41. The standard InChI is InChI=1S/C15H18Cl2O3/c16-12-3-1-2-11(13(12)17)14(18)10-4-6-20-15(8-10)5-7-19-9-15/h1-3,10,14,18H,4-9H2. The van der Waals surface area contributed by atoms with Gasteiger partial charge in [0.1, 0.15) is 0 Å². The van der Waals surface area contributed by atoms with Crippen LogP contribution in [0.5, 0.6) is 0 Å². The number of ether oxygens (including phenoxy) is 2. The zero-order valence-corrected chi connectivity index (χ0v) is 12.7. The van der Waals surface area contributed by atoms with E-state index in [0.717, 1.165) is 25.9 Å². The summed E-state index contributed by atoms with van der Waals surface area (Å²) in [6.07, 6.45) is 1.92. The van der Waals surface area contributed by atoms with Gasteiger partial charge in [0.25, 0.3) is 0 Å². The van der Waals surface area contributed by atoms with Crippen LogP contribution in [-0.4, -0.2) is 30.5 Å². The van der Waals surface area contributed by atoms with Gasteiger partial charge in [-0.25, -0.2) is 0 Å². The third-order valence-corrected chi connectivity index (χ3v) is 5.18. The fourth-order valence-corrected chi connectivity index (χ4v) is 3.62. The van der Waals surface area contributed by atoms with Gasteiger partial charge in [0.2, 0.25) is 0 Å². The van der Waals surface area contributed by atoms with Crippen molar-refractivity contribution in [1.29, 1.82) is 0 Å². The van der Waals surface area contributed by atoms with Gasteiger partial charge >= 0.3 is 0 Å². The zero-order chi connectivity index (χ0) is 14.2. The molecule has 3 atom stereocenters. The van der Waals surface area contributed by atoms with E-state index in [-0.39, 0.29) is 11.5 Å². The molecule has 2 aliphatic heterocycles. The summed E-state index contributed by atoms with van der Waals surface area (Å²) < 4.78 is 11.4. The molecule has 3 unspecified atom stereocenters. The van der Waals surface area contributed by atoms with E-state index in [1.165, 1.54) is 0 Å². The summed E-state index contributed by atoms with van der Waals surface area (Å²) in [6.45, 7) is 2.02. The molecule has 110 valence electrons. The molecule has 1 aromatic carbocycles. The van der Waals surface area contributed by atoms with Gasteiger partial charge in [-0.3, -0.25) is 0 Å². The number of rotatable bonds is 2. The Morgan fingerprint density at radius 3 is 2.90 bits per heavy atom. The fourth-order valence-electron chi connectivity index (χ4n) is 3.20. The second-order valence-electron chi connectivity index (χ2n) is 5.67. The predicted octanol–water partition coefficient (Wildman–Crippen LogP) is 3.61. The number of aliphatic hydroxyl groups is 1. The number of aliphatic hydroxyl groups excluding tert-OH is 1. The smallest absolute Gasteiger partial charge is 0.0940 e. The molecule has 1 spiro atoms. The third-order valence-electron chi connectivity index (χ3n) is 4.34. The van der Waals surface area contributed by atoms with E-state index in [1.54, 1.807) is 6.07 Å². The first-order chi connectivity index (χ1) is 9.61. The summed E-state index contributed by atoms with van der Waals surface area (Å²) in [6, 6.07) is 5.39. The Morgan fingerprint density at radius 1 is 1.30 bits per heavy atom. The van der Waals surface area contributed by atoms with Crippen molar-refractivity contribution in [2.75, 3.05) is 19.8 Å². The van der Waals surface area contributed by atoms with Crippen molar-refractivity contribution in [3.8, 4) is 0 Å². The minimum absolute atomic E-state index is 0.126. The Bertz CT molecular complexity index is 486. The third kappa shape index (κ3) is 2.70. The molecule has 3 nitrogen and oxygen atoms in total. The van der Waals surface area contributed by atoms with Crippen LogP contribution in [0.1, 0.15) is 30.9 Å². The van der Waals surface area contributed by atoms with Crippen LogP contribution in [0.15, 0.2) is 18.2 Å². The number of hydrogen-bond donors (Lipinski definition) is 1. The van der Waals surface area contributed by atoms with Crippen LogP contribution >= 0.6 is 23.2 Å². The van der Waals surface area contributed by atoms with Crippen molar-refractivity contribution in [1.82, 2.24) is 0 Å². The molecule has 0 amide bonds. The molecule has 0 bridgehead atoms. The van der Waals surface area contributed by atoms with Crippen LogP contribution < -0.4 is 0 Å². The van der Waals surface area contributed by atoms with Crippen molar-refractivity contribution in [2.24, 2.45) is 5.92 Å². The first-order valence-electron chi connectivity index (χ1n) is 6.95. The van der Waals surface area contributed by atoms with Crippen molar-refractivity contribution >= 4 is 23.2 Å². The second-order valence-corrected chi connectivity index (χ2v) is 6.46. The molecule has 2 saturated heterocycles. The molecule has 0 radical (unpaired) electrons. The molecule has 2 heterocycles. The highest BCUT2D eigenvalue weighted by molar-refractivity contribution is 6.42. The summed E-state index contributed by atoms with van der Waals surface area (Å²) in [7, 11) is 0. The molecule has 2 aliphatic rings. The highest BCUT2D eigenvalue weighted by Crippen LogP contribution is 2.43. The first-order valence-corrected chi connectivity index (χ1v) is 7.71. The van der Waals surface area contributed by atoms with Gasteiger partial charge in [0.05, 0.1) is 28.4 Å². The maximum Gasteiger partial charge on any atom is 0.0940 e.